The molecular weight excluding hydrogens is 260 g/mol. The van der Waals surface area contributed by atoms with Crippen LogP contribution in [0.2, 0.25) is 0 Å². The van der Waals surface area contributed by atoms with Crippen LogP contribution in [0.5, 0.6) is 0 Å². The molecule has 17 heavy (non-hydrogen) atoms. The molecule has 0 unspecified atom stereocenters. The van der Waals surface area contributed by atoms with Crippen LogP contribution in [0.4, 0.5) is 14.6 Å². The number of hydrogen-bond acceptors (Lipinski definition) is 5. The lowest BCUT2D eigenvalue weighted by Gasteiger charge is -2.03. The topological polar surface area (TPSA) is 96.9 Å². The standard InChI is InChI=1S/C8H2ClF2N3O3/c9-6(15)4-1-3(2-12)5(7(10)11)8(13-4)14(16)17/h1,7H. The second-order valence-corrected chi connectivity index (χ2v) is 3.08. The Kier molecular flexibility index (Phi) is 3.65. The third kappa shape index (κ3) is 2.51. The van der Waals surface area contributed by atoms with Gasteiger partial charge in [-0.2, -0.15) is 5.26 Å². The quantitative estimate of drug-likeness (QED) is 0.472. The number of carbonyl (C=O) groups is 1. The minimum absolute atomic E-state index is 0.626. The van der Waals surface area contributed by atoms with Crippen molar-refractivity contribution in [2.24, 2.45) is 0 Å². The van der Waals surface area contributed by atoms with Crippen molar-refractivity contribution in [1.82, 2.24) is 4.98 Å². The Morgan fingerprint density at radius 2 is 2.24 bits per heavy atom. The third-order valence-electron chi connectivity index (χ3n) is 1.75. The lowest BCUT2D eigenvalue weighted by molar-refractivity contribution is -0.391. The van der Waals surface area contributed by atoms with Gasteiger partial charge in [-0.15, -0.1) is 0 Å². The molecule has 0 saturated heterocycles. The molecule has 0 spiro atoms. The molecule has 1 aromatic heterocycles. The Morgan fingerprint density at radius 1 is 1.65 bits per heavy atom. The van der Waals surface area contributed by atoms with Crippen LogP contribution in [0.3, 0.4) is 0 Å². The van der Waals surface area contributed by atoms with E-state index < -0.39 is 39.2 Å². The van der Waals surface area contributed by atoms with Crippen molar-refractivity contribution in [3.05, 3.63) is 33.0 Å². The largest absolute Gasteiger partial charge is 0.374 e. The fourth-order valence-corrected chi connectivity index (χ4v) is 1.19. The molecule has 0 fully saturated rings. The first kappa shape index (κ1) is 12.9. The Labute approximate surface area is 97.6 Å². The Balaban J connectivity index is 3.65. The minimum atomic E-state index is -3.25. The van der Waals surface area contributed by atoms with E-state index in [1.165, 1.54) is 6.07 Å². The molecule has 0 aliphatic rings. The van der Waals surface area contributed by atoms with Crippen molar-refractivity contribution in [3.63, 3.8) is 0 Å². The number of rotatable bonds is 3. The van der Waals surface area contributed by atoms with Gasteiger partial charge in [-0.05, 0) is 21.5 Å². The zero-order valence-corrected chi connectivity index (χ0v) is 8.61. The fourth-order valence-electron chi connectivity index (χ4n) is 1.09. The molecule has 1 rings (SSSR count). The van der Waals surface area contributed by atoms with Gasteiger partial charge in [0.05, 0.1) is 5.56 Å². The highest BCUT2D eigenvalue weighted by atomic mass is 35.5. The normalized spacial score (nSPS) is 10.1. The van der Waals surface area contributed by atoms with Crippen molar-refractivity contribution in [1.29, 1.82) is 5.26 Å². The van der Waals surface area contributed by atoms with E-state index in [0.29, 0.717) is 6.07 Å². The maximum Gasteiger partial charge on any atom is 0.374 e. The molecule has 88 valence electrons. The van der Waals surface area contributed by atoms with Crippen LogP contribution < -0.4 is 0 Å². The van der Waals surface area contributed by atoms with Gasteiger partial charge in [0.2, 0.25) is 5.69 Å². The van der Waals surface area contributed by atoms with Crippen molar-refractivity contribution < 1.29 is 18.5 Å². The lowest BCUT2D eigenvalue weighted by Crippen LogP contribution is -2.06. The van der Waals surface area contributed by atoms with Crippen molar-refractivity contribution in [3.8, 4) is 6.07 Å². The smallest absolute Gasteiger partial charge is 0.358 e. The van der Waals surface area contributed by atoms with Crippen molar-refractivity contribution in [2.45, 2.75) is 6.43 Å². The van der Waals surface area contributed by atoms with Crippen LogP contribution in [-0.2, 0) is 0 Å². The second-order valence-electron chi connectivity index (χ2n) is 2.74. The van der Waals surface area contributed by atoms with E-state index in [1.807, 2.05) is 0 Å². The second kappa shape index (κ2) is 4.80. The average molecular weight is 262 g/mol. The average Bonchev–Trinajstić information content (AvgIpc) is 2.26. The highest BCUT2D eigenvalue weighted by Crippen LogP contribution is 2.31. The molecule has 0 aromatic carbocycles. The molecule has 1 aromatic rings. The van der Waals surface area contributed by atoms with Gasteiger partial charge < -0.3 is 10.1 Å². The number of nitrogens with zero attached hydrogens (tertiary/aromatic N) is 3. The molecular formula is C8H2ClF2N3O3. The third-order valence-corrected chi connectivity index (χ3v) is 1.95. The summed E-state index contributed by atoms with van der Waals surface area (Å²) in [5, 5.41) is 17.9. The number of nitro groups is 1. The number of carbonyl (C=O) groups excluding carboxylic acids is 1. The maximum atomic E-state index is 12.6. The summed E-state index contributed by atoms with van der Waals surface area (Å²) in [6, 6.07) is 2.02. The first-order valence-electron chi connectivity index (χ1n) is 3.96. The molecule has 0 bridgehead atoms. The SMILES string of the molecule is N#Cc1cc(C(=O)Cl)nc([N+](=O)[O-])c1C(F)F. The van der Waals surface area contributed by atoms with Gasteiger partial charge >= 0.3 is 5.82 Å². The summed E-state index contributed by atoms with van der Waals surface area (Å²) in [4.78, 5) is 23.2. The van der Waals surface area contributed by atoms with Gasteiger partial charge in [-0.25, -0.2) is 8.78 Å². The summed E-state index contributed by atoms with van der Waals surface area (Å²) in [5.74, 6) is -1.25. The molecule has 0 amide bonds. The van der Waals surface area contributed by atoms with E-state index in [1.54, 1.807) is 0 Å². The summed E-state index contributed by atoms with van der Waals surface area (Å²) >= 11 is 5.02. The summed E-state index contributed by atoms with van der Waals surface area (Å²) in [5.41, 5.74) is -2.45. The number of alkyl halides is 2. The molecule has 9 heteroatoms. The van der Waals surface area contributed by atoms with E-state index in [2.05, 4.69) is 4.98 Å². The van der Waals surface area contributed by atoms with Gasteiger partial charge in [0.25, 0.3) is 11.7 Å². The zero-order chi connectivity index (χ0) is 13.2. The summed E-state index contributed by atoms with van der Waals surface area (Å²) in [6.07, 6.45) is -3.25. The van der Waals surface area contributed by atoms with E-state index in [0.717, 1.165) is 0 Å². The first-order valence-corrected chi connectivity index (χ1v) is 4.33. The molecule has 1 heterocycles. The number of nitriles is 1. The Morgan fingerprint density at radius 3 is 2.59 bits per heavy atom. The van der Waals surface area contributed by atoms with Gasteiger partial charge in [0.1, 0.15) is 11.6 Å². The maximum absolute atomic E-state index is 12.6. The lowest BCUT2D eigenvalue weighted by atomic mass is 10.1. The summed E-state index contributed by atoms with van der Waals surface area (Å²) in [6.45, 7) is 0. The van der Waals surface area contributed by atoms with Crippen LogP contribution >= 0.6 is 11.6 Å². The van der Waals surface area contributed by atoms with Crippen LogP contribution in [0.15, 0.2) is 6.07 Å². The number of halogens is 3. The molecule has 0 radical (unpaired) electrons. The Bertz CT molecular complexity index is 542. The summed E-state index contributed by atoms with van der Waals surface area (Å²) < 4.78 is 25.1. The van der Waals surface area contributed by atoms with Crippen molar-refractivity contribution >= 4 is 22.7 Å². The molecule has 0 aliphatic carbocycles. The van der Waals surface area contributed by atoms with Crippen LogP contribution in [-0.4, -0.2) is 15.1 Å². The van der Waals surface area contributed by atoms with Crippen LogP contribution in [0.25, 0.3) is 0 Å². The van der Waals surface area contributed by atoms with Crippen LogP contribution in [0.1, 0.15) is 28.0 Å². The first-order chi connectivity index (χ1) is 7.88. The minimum Gasteiger partial charge on any atom is -0.358 e. The highest BCUT2D eigenvalue weighted by molar-refractivity contribution is 6.67. The monoisotopic (exact) mass is 261 g/mol. The molecule has 6 nitrogen and oxygen atoms in total. The molecule has 0 atom stereocenters. The van der Waals surface area contributed by atoms with Crippen molar-refractivity contribution in [2.75, 3.05) is 0 Å². The van der Waals surface area contributed by atoms with E-state index in [-0.39, 0.29) is 0 Å². The summed E-state index contributed by atoms with van der Waals surface area (Å²) in [7, 11) is 0. The number of hydrogen-bond donors (Lipinski definition) is 0. The van der Waals surface area contributed by atoms with Gasteiger partial charge in [-0.3, -0.25) is 4.79 Å². The van der Waals surface area contributed by atoms with E-state index >= 15 is 0 Å². The van der Waals surface area contributed by atoms with Gasteiger partial charge in [0, 0.05) is 6.07 Å². The number of pyridine rings is 1. The zero-order valence-electron chi connectivity index (χ0n) is 7.85. The highest BCUT2D eigenvalue weighted by Gasteiger charge is 2.30. The Hall–Kier alpha value is -2.14. The van der Waals surface area contributed by atoms with Gasteiger partial charge in [0.15, 0.2) is 0 Å². The predicted molar refractivity (Wildman–Crippen MR) is 50.7 cm³/mol. The predicted octanol–water partition coefficient (Wildman–Crippen LogP) is 2.18. The molecule has 0 aliphatic heterocycles. The fraction of sp³-hybridized carbons (Fsp3) is 0.125. The van der Waals surface area contributed by atoms with E-state index in [9.17, 15) is 23.7 Å². The van der Waals surface area contributed by atoms with Gasteiger partial charge in [-0.1, -0.05) is 0 Å². The molecule has 0 N–H and O–H groups in total. The number of aromatic nitrogens is 1. The van der Waals surface area contributed by atoms with Crippen LogP contribution in [0, 0.1) is 21.4 Å². The van der Waals surface area contributed by atoms with E-state index in [4.69, 9.17) is 16.9 Å². The molecule has 0 saturated carbocycles.